The molecule has 4 rings (SSSR count). The van der Waals surface area contributed by atoms with E-state index in [1.165, 1.54) is 36.4 Å². The lowest BCUT2D eigenvalue weighted by atomic mass is 9.86. The van der Waals surface area contributed by atoms with E-state index in [4.69, 9.17) is 4.74 Å². The highest BCUT2D eigenvalue weighted by Gasteiger charge is 2.49. The molecule has 1 saturated carbocycles. The second-order valence-corrected chi connectivity index (χ2v) is 9.99. The minimum atomic E-state index is -4.84. The van der Waals surface area contributed by atoms with E-state index in [2.05, 4.69) is 10.6 Å². The second-order valence-electron chi connectivity index (χ2n) is 9.99. The van der Waals surface area contributed by atoms with Gasteiger partial charge in [-0.3, -0.25) is 10.1 Å². The maximum Gasteiger partial charge on any atom is 0.407 e. The first-order valence-corrected chi connectivity index (χ1v) is 11.4. The predicted molar refractivity (Wildman–Crippen MR) is 120 cm³/mol. The van der Waals surface area contributed by atoms with Crippen molar-refractivity contribution in [1.29, 1.82) is 5.26 Å². The third-order valence-electron chi connectivity index (χ3n) is 6.45. The van der Waals surface area contributed by atoms with Crippen LogP contribution < -0.4 is 15.4 Å². The lowest BCUT2D eigenvalue weighted by molar-refractivity contribution is -0.151. The molecule has 1 aliphatic heterocycles. The Bertz CT molecular complexity index is 1180. The van der Waals surface area contributed by atoms with E-state index < -0.39 is 59.8 Å². The number of hydrogen-bond acceptors (Lipinski definition) is 5. The number of benzene rings is 1. The highest BCUT2D eigenvalue weighted by Crippen LogP contribution is 2.44. The van der Waals surface area contributed by atoms with Crippen LogP contribution in [0, 0.1) is 11.3 Å². The Labute approximate surface area is 204 Å². The number of carbonyl (C=O) groups excluding carboxylic acids is 1. The molecule has 1 aromatic carbocycles. The Morgan fingerprint density at radius 3 is 2.53 bits per heavy atom. The van der Waals surface area contributed by atoms with Crippen LogP contribution in [0.1, 0.15) is 54.9 Å². The normalized spacial score (nSPS) is 23.3. The Balaban J connectivity index is 1.59. The van der Waals surface area contributed by atoms with E-state index in [0.717, 1.165) is 13.8 Å². The summed E-state index contributed by atoms with van der Waals surface area (Å²) in [6.45, 7) is 2.32. The molecule has 0 aromatic heterocycles. The monoisotopic (exact) mass is 507 g/mol. The smallest absolute Gasteiger partial charge is 0.407 e. The van der Waals surface area contributed by atoms with Crippen molar-refractivity contribution < 1.29 is 37.0 Å². The van der Waals surface area contributed by atoms with E-state index in [-0.39, 0.29) is 11.1 Å². The number of carboxylic acids is 1. The van der Waals surface area contributed by atoms with Gasteiger partial charge >= 0.3 is 12.1 Å². The van der Waals surface area contributed by atoms with Gasteiger partial charge in [0.1, 0.15) is 29.1 Å². The lowest BCUT2D eigenvalue weighted by Crippen LogP contribution is -2.57. The first-order chi connectivity index (χ1) is 16.7. The average Bonchev–Trinajstić information content (AvgIpc) is 3.45. The molecular weight excluding hydrogens is 482 g/mol. The number of nitrogens with zero attached hydrogens (tertiary/aromatic N) is 1. The van der Waals surface area contributed by atoms with Crippen LogP contribution >= 0.6 is 0 Å². The number of alkyl halides is 4. The third-order valence-corrected chi connectivity index (χ3v) is 6.45. The lowest BCUT2D eigenvalue weighted by Gasteiger charge is -2.32. The fraction of sp³-hybridized carbons (Fsp3) is 0.480. The number of nitriles is 1. The summed E-state index contributed by atoms with van der Waals surface area (Å²) in [5, 5.41) is 23.2. The van der Waals surface area contributed by atoms with Gasteiger partial charge in [-0.2, -0.15) is 18.4 Å². The van der Waals surface area contributed by atoms with Crippen LogP contribution in [0.3, 0.4) is 0 Å². The molecule has 11 heteroatoms. The maximum absolute atomic E-state index is 14.5. The number of rotatable bonds is 8. The van der Waals surface area contributed by atoms with Gasteiger partial charge in [0.15, 0.2) is 0 Å². The molecule has 1 aromatic rings. The Kier molecular flexibility index (Phi) is 6.37. The first kappa shape index (κ1) is 25.7. The van der Waals surface area contributed by atoms with Gasteiger partial charge in [-0.05, 0) is 56.5 Å². The van der Waals surface area contributed by atoms with Crippen molar-refractivity contribution in [2.75, 3.05) is 0 Å². The van der Waals surface area contributed by atoms with Gasteiger partial charge in [0.05, 0.1) is 17.7 Å². The van der Waals surface area contributed by atoms with Gasteiger partial charge in [0.25, 0.3) is 0 Å². The molecule has 3 N–H and O–H groups in total. The summed E-state index contributed by atoms with van der Waals surface area (Å²) in [6.07, 6.45) is -1.40. The van der Waals surface area contributed by atoms with Crippen molar-refractivity contribution in [1.82, 2.24) is 10.6 Å². The van der Waals surface area contributed by atoms with Crippen molar-refractivity contribution >= 4 is 11.9 Å². The number of nitrogens with one attached hydrogen (secondary N) is 2. The average molecular weight is 507 g/mol. The molecule has 4 atom stereocenters. The van der Waals surface area contributed by atoms with Gasteiger partial charge in [0.2, 0.25) is 5.91 Å². The van der Waals surface area contributed by atoms with E-state index in [0.29, 0.717) is 24.2 Å². The molecule has 3 aliphatic rings. The zero-order valence-electron chi connectivity index (χ0n) is 19.5. The summed E-state index contributed by atoms with van der Waals surface area (Å²) < 4.78 is 62.9. The van der Waals surface area contributed by atoms with Crippen LogP contribution in [0.25, 0.3) is 0 Å². The van der Waals surface area contributed by atoms with Crippen LogP contribution in [0.15, 0.2) is 42.0 Å². The van der Waals surface area contributed by atoms with Crippen LogP contribution in [-0.4, -0.2) is 52.6 Å². The fourth-order valence-corrected chi connectivity index (χ4v) is 4.46. The molecule has 0 bridgehead atoms. The summed E-state index contributed by atoms with van der Waals surface area (Å²) in [5.41, 5.74) is -2.73. The number of hydrogen-bond donors (Lipinski definition) is 3. The summed E-state index contributed by atoms with van der Waals surface area (Å²) in [7, 11) is 0. The number of ether oxygens (including phenoxy) is 1. The maximum atomic E-state index is 14.5. The number of carbonyl (C=O) groups is 2. The van der Waals surface area contributed by atoms with Crippen molar-refractivity contribution in [3.63, 3.8) is 0 Å². The molecule has 36 heavy (non-hydrogen) atoms. The summed E-state index contributed by atoms with van der Waals surface area (Å²) >= 11 is 0. The van der Waals surface area contributed by atoms with Crippen molar-refractivity contribution in [2.24, 2.45) is 0 Å². The molecule has 0 saturated heterocycles. The third kappa shape index (κ3) is 5.38. The standard InChI is InChI=1S/C25H25F4N3O4/c1-23(2,26)11-17(21(33)32-24(12-30)7-8-24)31-20(25(27,28)29)13-3-5-15-16-9-14(22(34)35)4-6-18(16)36-19(15)10-13/h3-6,9-10,15,17,19-20,31H,7-8,11H2,1-2H3,(H,32,33)(H,34,35)/t15?,17-,19?,20-/m0/s1. The topological polar surface area (TPSA) is 111 Å². The Hall–Kier alpha value is -3.39. The van der Waals surface area contributed by atoms with E-state index in [9.17, 15) is 37.5 Å². The fourth-order valence-electron chi connectivity index (χ4n) is 4.46. The Morgan fingerprint density at radius 2 is 1.97 bits per heavy atom. The van der Waals surface area contributed by atoms with Crippen LogP contribution in [0.4, 0.5) is 17.6 Å². The molecule has 192 valence electrons. The molecule has 0 spiro atoms. The molecule has 1 fully saturated rings. The summed E-state index contributed by atoms with van der Waals surface area (Å²) in [6, 6.07) is 2.31. The number of fused-ring (bicyclic) bond motifs is 3. The van der Waals surface area contributed by atoms with Gasteiger partial charge in [-0.1, -0.05) is 12.2 Å². The minimum Gasteiger partial charge on any atom is -0.485 e. The molecular formula is C25H25F4N3O4. The molecule has 0 radical (unpaired) electrons. The zero-order chi connectivity index (χ0) is 26.5. The summed E-state index contributed by atoms with van der Waals surface area (Å²) in [4.78, 5) is 24.1. The zero-order valence-corrected chi connectivity index (χ0v) is 19.5. The highest BCUT2D eigenvalue weighted by molar-refractivity contribution is 5.88. The van der Waals surface area contributed by atoms with Crippen LogP contribution in [0.5, 0.6) is 5.75 Å². The first-order valence-electron chi connectivity index (χ1n) is 11.4. The van der Waals surface area contributed by atoms with Gasteiger partial charge in [0, 0.05) is 17.9 Å². The van der Waals surface area contributed by atoms with Gasteiger partial charge < -0.3 is 15.2 Å². The Morgan fingerprint density at radius 1 is 1.28 bits per heavy atom. The molecule has 1 amide bonds. The number of aromatic carboxylic acids is 1. The molecule has 2 unspecified atom stereocenters. The number of carboxylic acid groups (broad SMARTS) is 1. The molecule has 2 aliphatic carbocycles. The van der Waals surface area contributed by atoms with Crippen LogP contribution in [-0.2, 0) is 4.79 Å². The summed E-state index contributed by atoms with van der Waals surface area (Å²) in [5.74, 6) is -2.12. The predicted octanol–water partition coefficient (Wildman–Crippen LogP) is 3.93. The van der Waals surface area contributed by atoms with Gasteiger partial charge in [-0.15, -0.1) is 0 Å². The van der Waals surface area contributed by atoms with E-state index >= 15 is 0 Å². The van der Waals surface area contributed by atoms with E-state index in [1.807, 2.05) is 6.07 Å². The van der Waals surface area contributed by atoms with E-state index in [1.54, 1.807) is 0 Å². The van der Waals surface area contributed by atoms with Crippen molar-refractivity contribution in [2.45, 2.75) is 74.6 Å². The SMILES string of the molecule is CC(C)(F)C[C@H](N[C@@H](C1=CC2Oc3ccc(C(=O)O)cc3C2C=C1)C(F)(F)F)C(=O)NC1(C#N)CC1. The quantitative estimate of drug-likeness (QED) is 0.460. The second kappa shape index (κ2) is 8.92. The van der Waals surface area contributed by atoms with Crippen molar-refractivity contribution in [3.8, 4) is 11.8 Å². The highest BCUT2D eigenvalue weighted by atomic mass is 19.4. The molecule has 1 heterocycles. The number of halogens is 4. The van der Waals surface area contributed by atoms with Gasteiger partial charge in [-0.25, -0.2) is 9.18 Å². The number of amides is 1. The largest absolute Gasteiger partial charge is 0.485 e. The van der Waals surface area contributed by atoms with Crippen molar-refractivity contribution in [3.05, 3.63) is 53.1 Å². The molecule has 7 nitrogen and oxygen atoms in total. The van der Waals surface area contributed by atoms with Crippen LogP contribution in [0.2, 0.25) is 0 Å². The minimum absolute atomic E-state index is 0.0319.